The number of ether oxygens (including phenoxy) is 4. The summed E-state index contributed by atoms with van der Waals surface area (Å²) in [4.78, 5) is 15.3. The summed E-state index contributed by atoms with van der Waals surface area (Å²) >= 11 is 13.4. The van der Waals surface area contributed by atoms with Crippen LogP contribution in [0.4, 0.5) is 0 Å². The zero-order chi connectivity index (χ0) is 22.1. The molecule has 2 aromatic carbocycles. The zero-order valence-electron chi connectivity index (χ0n) is 17.7. The van der Waals surface area contributed by atoms with Crippen molar-refractivity contribution < 1.29 is 23.7 Å². The number of amides is 1. The average molecular weight is 466 g/mol. The molecule has 2 heterocycles. The van der Waals surface area contributed by atoms with E-state index in [-0.39, 0.29) is 17.9 Å². The Hall–Kier alpha value is -1.99. The van der Waals surface area contributed by atoms with Crippen LogP contribution in [-0.4, -0.2) is 51.9 Å². The lowest BCUT2D eigenvalue weighted by atomic mass is 9.89. The molecule has 31 heavy (non-hydrogen) atoms. The van der Waals surface area contributed by atoms with Crippen molar-refractivity contribution in [2.75, 3.05) is 41.1 Å². The van der Waals surface area contributed by atoms with Crippen LogP contribution in [-0.2, 0) is 22.4 Å². The van der Waals surface area contributed by atoms with Crippen molar-refractivity contribution in [1.29, 1.82) is 0 Å². The smallest absolute Gasteiger partial charge is 0.256 e. The van der Waals surface area contributed by atoms with Gasteiger partial charge in [-0.1, -0.05) is 23.2 Å². The van der Waals surface area contributed by atoms with Crippen molar-refractivity contribution >= 4 is 29.1 Å². The van der Waals surface area contributed by atoms with Crippen molar-refractivity contribution in [3.8, 4) is 11.5 Å². The number of methoxy groups -OCH3 is 3. The Bertz CT molecular complexity index is 992. The molecule has 1 unspecified atom stereocenters. The number of benzene rings is 2. The van der Waals surface area contributed by atoms with E-state index in [1.807, 2.05) is 24.3 Å². The van der Waals surface area contributed by atoms with Crippen LogP contribution in [0, 0.1) is 5.92 Å². The fourth-order valence-corrected chi connectivity index (χ4v) is 4.87. The van der Waals surface area contributed by atoms with Gasteiger partial charge in [-0.3, -0.25) is 4.79 Å². The Balaban J connectivity index is 1.67. The Labute approximate surface area is 191 Å². The molecule has 6 nitrogen and oxygen atoms in total. The highest BCUT2D eigenvalue weighted by Gasteiger charge is 2.36. The summed E-state index contributed by atoms with van der Waals surface area (Å²) in [6, 6.07) is 7.41. The number of hydrogen-bond acceptors (Lipinski definition) is 5. The van der Waals surface area contributed by atoms with E-state index in [9.17, 15) is 4.79 Å². The monoisotopic (exact) mass is 465 g/mol. The number of carbonyl (C=O) groups excluding carboxylic acids is 1. The van der Waals surface area contributed by atoms with Crippen LogP contribution in [0.25, 0.3) is 0 Å². The Morgan fingerprint density at radius 1 is 1.16 bits per heavy atom. The molecule has 2 aromatic rings. The highest BCUT2D eigenvalue weighted by atomic mass is 35.5. The van der Waals surface area contributed by atoms with Gasteiger partial charge in [-0.15, -0.1) is 0 Å². The largest absolute Gasteiger partial charge is 0.497 e. The molecule has 0 spiro atoms. The summed E-state index contributed by atoms with van der Waals surface area (Å²) in [5.74, 6) is 1.41. The summed E-state index contributed by atoms with van der Waals surface area (Å²) in [6.07, 6.45) is 0.358. The first-order chi connectivity index (χ1) is 15.0. The van der Waals surface area contributed by atoms with Gasteiger partial charge < -0.3 is 23.8 Å². The first kappa shape index (κ1) is 22.2. The average Bonchev–Trinajstić information content (AvgIpc) is 2.74. The maximum absolute atomic E-state index is 13.5. The van der Waals surface area contributed by atoms with Crippen LogP contribution in [0.2, 0.25) is 10.0 Å². The van der Waals surface area contributed by atoms with Gasteiger partial charge in [0, 0.05) is 48.3 Å². The van der Waals surface area contributed by atoms with Gasteiger partial charge in [0.2, 0.25) is 0 Å². The van der Waals surface area contributed by atoms with Crippen LogP contribution in [0.3, 0.4) is 0 Å². The molecule has 4 rings (SSSR count). The SMILES string of the molecule is COc1ccc(CN2CCc3c(Cl)cc(C(OC)C4COC4)c(Cl)c3C2=O)c(OC)c1. The Kier molecular flexibility index (Phi) is 6.63. The molecule has 0 radical (unpaired) electrons. The van der Waals surface area contributed by atoms with Crippen molar-refractivity contribution in [3.05, 3.63) is 56.6 Å². The fraction of sp³-hybridized carbons (Fsp3) is 0.435. The molecule has 0 N–H and O–H groups in total. The lowest BCUT2D eigenvalue weighted by molar-refractivity contribution is -0.105. The highest BCUT2D eigenvalue weighted by Crippen LogP contribution is 2.42. The van der Waals surface area contributed by atoms with Crippen LogP contribution >= 0.6 is 23.2 Å². The molecule has 1 saturated heterocycles. The molecule has 1 amide bonds. The molecule has 0 saturated carbocycles. The molecule has 0 aliphatic carbocycles. The van der Waals surface area contributed by atoms with E-state index in [0.29, 0.717) is 59.8 Å². The topological polar surface area (TPSA) is 57.2 Å². The molecule has 1 atom stereocenters. The third-order valence-corrected chi connectivity index (χ3v) is 6.73. The van der Waals surface area contributed by atoms with E-state index < -0.39 is 0 Å². The van der Waals surface area contributed by atoms with Crippen molar-refractivity contribution in [2.45, 2.75) is 19.1 Å². The van der Waals surface area contributed by atoms with E-state index in [1.165, 1.54) is 0 Å². The predicted molar refractivity (Wildman–Crippen MR) is 119 cm³/mol. The lowest BCUT2D eigenvalue weighted by Crippen LogP contribution is -2.38. The summed E-state index contributed by atoms with van der Waals surface area (Å²) in [6.45, 7) is 2.14. The number of hydrogen-bond donors (Lipinski definition) is 0. The molecule has 8 heteroatoms. The molecule has 0 bridgehead atoms. The minimum atomic E-state index is -0.270. The molecular weight excluding hydrogens is 441 g/mol. The first-order valence-corrected chi connectivity index (χ1v) is 10.9. The van der Waals surface area contributed by atoms with Crippen LogP contribution < -0.4 is 9.47 Å². The minimum absolute atomic E-state index is 0.146. The maximum atomic E-state index is 13.5. The quantitative estimate of drug-likeness (QED) is 0.600. The second-order valence-electron chi connectivity index (χ2n) is 7.72. The fourth-order valence-electron chi connectivity index (χ4n) is 4.21. The summed E-state index contributed by atoms with van der Waals surface area (Å²) in [5, 5.41) is 0.960. The Morgan fingerprint density at radius 3 is 2.55 bits per heavy atom. The number of fused-ring (bicyclic) bond motifs is 1. The van der Waals surface area contributed by atoms with E-state index in [2.05, 4.69) is 0 Å². The van der Waals surface area contributed by atoms with Gasteiger partial charge >= 0.3 is 0 Å². The van der Waals surface area contributed by atoms with Gasteiger partial charge in [0.25, 0.3) is 5.91 Å². The molecular formula is C23H25Cl2NO5. The summed E-state index contributed by atoms with van der Waals surface area (Å²) in [7, 11) is 4.84. The second kappa shape index (κ2) is 9.25. The zero-order valence-corrected chi connectivity index (χ0v) is 19.3. The third-order valence-electron chi connectivity index (χ3n) is 5.99. The van der Waals surface area contributed by atoms with Crippen LogP contribution in [0.5, 0.6) is 11.5 Å². The first-order valence-electron chi connectivity index (χ1n) is 10.1. The minimum Gasteiger partial charge on any atom is -0.497 e. The number of carbonyl (C=O) groups is 1. The normalized spacial score (nSPS) is 17.2. The standard InChI is InChI=1S/C23H25Cl2NO5/c1-28-15-5-4-13(19(8-15)29-2)10-26-7-6-16-18(24)9-17(21(25)20(16)23(26)27)22(30-3)14-11-31-12-14/h4-5,8-9,14,22H,6-7,10-12H2,1-3H3. The van der Waals surface area contributed by atoms with Gasteiger partial charge in [-0.05, 0) is 30.2 Å². The summed E-state index contributed by atoms with van der Waals surface area (Å²) in [5.41, 5.74) is 2.88. The molecule has 1 fully saturated rings. The molecule has 2 aliphatic rings. The number of halogens is 2. The van der Waals surface area contributed by atoms with Crippen molar-refractivity contribution in [2.24, 2.45) is 5.92 Å². The van der Waals surface area contributed by atoms with Crippen LogP contribution in [0.1, 0.15) is 33.2 Å². The van der Waals surface area contributed by atoms with E-state index in [1.54, 1.807) is 26.2 Å². The summed E-state index contributed by atoms with van der Waals surface area (Å²) < 4.78 is 21.8. The second-order valence-corrected chi connectivity index (χ2v) is 8.51. The van der Waals surface area contributed by atoms with E-state index in [4.69, 9.17) is 42.1 Å². The predicted octanol–water partition coefficient (Wildman–Crippen LogP) is 4.54. The van der Waals surface area contributed by atoms with Gasteiger partial charge in [-0.25, -0.2) is 0 Å². The number of rotatable bonds is 7. The van der Waals surface area contributed by atoms with E-state index >= 15 is 0 Å². The van der Waals surface area contributed by atoms with Crippen LogP contribution in [0.15, 0.2) is 24.3 Å². The number of nitrogens with zero attached hydrogens (tertiary/aromatic N) is 1. The highest BCUT2D eigenvalue weighted by molar-refractivity contribution is 6.37. The van der Waals surface area contributed by atoms with E-state index in [0.717, 1.165) is 16.7 Å². The van der Waals surface area contributed by atoms with Gasteiger partial charge in [0.1, 0.15) is 11.5 Å². The van der Waals surface area contributed by atoms with Gasteiger partial charge in [0.15, 0.2) is 0 Å². The molecule has 166 valence electrons. The molecule has 2 aliphatic heterocycles. The lowest BCUT2D eigenvalue weighted by Gasteiger charge is -2.35. The maximum Gasteiger partial charge on any atom is 0.256 e. The van der Waals surface area contributed by atoms with Crippen molar-refractivity contribution in [3.63, 3.8) is 0 Å². The van der Waals surface area contributed by atoms with Crippen molar-refractivity contribution in [1.82, 2.24) is 4.90 Å². The Morgan fingerprint density at radius 2 is 1.94 bits per heavy atom. The molecule has 0 aromatic heterocycles. The third kappa shape index (κ3) is 4.10. The van der Waals surface area contributed by atoms with Gasteiger partial charge in [-0.2, -0.15) is 0 Å². The van der Waals surface area contributed by atoms with Gasteiger partial charge in [0.05, 0.1) is 44.1 Å².